The third-order valence-electron chi connectivity index (χ3n) is 4.30. The van der Waals surface area contributed by atoms with Crippen LogP contribution in [0.3, 0.4) is 0 Å². The first-order chi connectivity index (χ1) is 12.1. The molecule has 2 amide bonds. The smallest absolute Gasteiger partial charge is 0.290 e. The summed E-state index contributed by atoms with van der Waals surface area (Å²) in [6, 6.07) is 9.30. The topological polar surface area (TPSA) is 80.4 Å². The number of rotatable bonds is 3. The summed E-state index contributed by atoms with van der Waals surface area (Å²) in [5.41, 5.74) is 1.44. The lowest BCUT2D eigenvalue weighted by atomic mass is 10.1. The van der Waals surface area contributed by atoms with Crippen LogP contribution in [0.5, 0.6) is 0 Å². The number of piperazine rings is 1. The molecule has 4 rings (SSSR count). The van der Waals surface area contributed by atoms with Crippen LogP contribution >= 0.6 is 0 Å². The summed E-state index contributed by atoms with van der Waals surface area (Å²) in [6.07, 6.45) is 3.53. The maximum Gasteiger partial charge on any atom is 0.290 e. The number of hydrogen-bond acceptors (Lipinski definition) is 4. The Hall–Kier alpha value is -3.09. The van der Waals surface area contributed by atoms with Gasteiger partial charge >= 0.3 is 0 Å². The highest BCUT2D eigenvalue weighted by atomic mass is 16.3. The van der Waals surface area contributed by atoms with Crippen molar-refractivity contribution in [2.75, 3.05) is 13.1 Å². The van der Waals surface area contributed by atoms with Crippen LogP contribution in [-0.2, 0) is 11.3 Å². The molecule has 3 aromatic rings. The molecule has 25 heavy (non-hydrogen) atoms. The first kappa shape index (κ1) is 15.4. The van der Waals surface area contributed by atoms with E-state index in [1.54, 1.807) is 10.9 Å². The van der Waals surface area contributed by atoms with E-state index in [-0.39, 0.29) is 30.2 Å². The van der Waals surface area contributed by atoms with Crippen molar-refractivity contribution < 1.29 is 14.0 Å². The van der Waals surface area contributed by atoms with Crippen LogP contribution in [0.25, 0.3) is 11.0 Å². The maximum absolute atomic E-state index is 13.0. The van der Waals surface area contributed by atoms with Gasteiger partial charge in [-0.15, -0.1) is 0 Å². The van der Waals surface area contributed by atoms with Gasteiger partial charge in [0.25, 0.3) is 5.91 Å². The van der Waals surface area contributed by atoms with E-state index in [2.05, 4.69) is 10.4 Å². The SMILES string of the molecule is C[C@H]1CN(C(=O)c2oc3ccccc3c2Cn2cccn2)CC(=O)N1. The highest BCUT2D eigenvalue weighted by Crippen LogP contribution is 2.28. The third-order valence-corrected chi connectivity index (χ3v) is 4.30. The zero-order chi connectivity index (χ0) is 17.4. The first-order valence-corrected chi connectivity index (χ1v) is 8.18. The molecule has 7 heteroatoms. The van der Waals surface area contributed by atoms with Gasteiger partial charge in [-0.05, 0) is 19.1 Å². The molecule has 1 aliphatic heterocycles. The van der Waals surface area contributed by atoms with Crippen molar-refractivity contribution in [2.45, 2.75) is 19.5 Å². The molecule has 0 unspecified atom stereocenters. The zero-order valence-corrected chi connectivity index (χ0v) is 13.8. The van der Waals surface area contributed by atoms with Crippen molar-refractivity contribution in [2.24, 2.45) is 0 Å². The highest BCUT2D eigenvalue weighted by Gasteiger charge is 2.30. The number of carbonyl (C=O) groups excluding carboxylic acids is 2. The van der Waals surface area contributed by atoms with Gasteiger partial charge in [0.1, 0.15) is 12.1 Å². The molecular formula is C18H18N4O3. The third kappa shape index (κ3) is 2.88. The Labute approximate surface area is 144 Å². The molecule has 1 aliphatic rings. The number of fused-ring (bicyclic) bond motifs is 1. The Balaban J connectivity index is 1.75. The molecule has 3 heterocycles. The average molecular weight is 338 g/mol. The van der Waals surface area contributed by atoms with Gasteiger partial charge in [0.15, 0.2) is 5.76 Å². The molecule has 1 N–H and O–H groups in total. The van der Waals surface area contributed by atoms with E-state index in [9.17, 15) is 9.59 Å². The maximum atomic E-state index is 13.0. The normalized spacial score (nSPS) is 17.7. The summed E-state index contributed by atoms with van der Waals surface area (Å²) in [4.78, 5) is 26.4. The van der Waals surface area contributed by atoms with Gasteiger partial charge in [0.05, 0.1) is 6.54 Å². The summed E-state index contributed by atoms with van der Waals surface area (Å²) >= 11 is 0. The first-order valence-electron chi connectivity index (χ1n) is 8.18. The van der Waals surface area contributed by atoms with Crippen molar-refractivity contribution in [1.29, 1.82) is 0 Å². The van der Waals surface area contributed by atoms with Crippen molar-refractivity contribution in [3.63, 3.8) is 0 Å². The summed E-state index contributed by atoms with van der Waals surface area (Å²) in [5, 5.41) is 7.92. The van der Waals surface area contributed by atoms with Crippen LogP contribution in [-0.4, -0.2) is 45.6 Å². The van der Waals surface area contributed by atoms with Crippen LogP contribution in [0.4, 0.5) is 0 Å². The van der Waals surface area contributed by atoms with Gasteiger partial charge in [-0.2, -0.15) is 5.10 Å². The Morgan fingerprint density at radius 1 is 1.36 bits per heavy atom. The number of furan rings is 1. The molecule has 1 aromatic carbocycles. The molecule has 0 radical (unpaired) electrons. The molecule has 1 saturated heterocycles. The fourth-order valence-corrected chi connectivity index (χ4v) is 3.22. The number of carbonyl (C=O) groups is 2. The molecular weight excluding hydrogens is 320 g/mol. The number of nitrogens with one attached hydrogen (secondary N) is 1. The lowest BCUT2D eigenvalue weighted by molar-refractivity contribution is -0.124. The second-order valence-corrected chi connectivity index (χ2v) is 6.26. The predicted octanol–water partition coefficient (Wildman–Crippen LogP) is 1.64. The predicted molar refractivity (Wildman–Crippen MR) is 91.1 cm³/mol. The van der Waals surface area contributed by atoms with E-state index in [1.165, 1.54) is 4.90 Å². The standard InChI is InChI=1S/C18H18N4O3/c1-12-9-21(11-16(23)20-12)18(24)17-14(10-22-8-4-7-19-22)13-5-2-3-6-15(13)25-17/h2-8,12H,9-11H2,1H3,(H,20,23)/t12-/m0/s1. The monoisotopic (exact) mass is 338 g/mol. The highest BCUT2D eigenvalue weighted by molar-refractivity contribution is 6.00. The Morgan fingerprint density at radius 3 is 2.96 bits per heavy atom. The van der Waals surface area contributed by atoms with Crippen LogP contribution in [0, 0.1) is 0 Å². The van der Waals surface area contributed by atoms with Crippen molar-refractivity contribution in [3.05, 3.63) is 54.0 Å². The largest absolute Gasteiger partial charge is 0.451 e. The molecule has 0 saturated carbocycles. The minimum Gasteiger partial charge on any atom is -0.451 e. The Bertz CT molecular complexity index is 929. The fourth-order valence-electron chi connectivity index (χ4n) is 3.22. The number of hydrogen-bond donors (Lipinski definition) is 1. The van der Waals surface area contributed by atoms with Gasteiger partial charge in [0.2, 0.25) is 5.91 Å². The molecule has 128 valence electrons. The number of para-hydroxylation sites is 1. The number of benzene rings is 1. The minimum absolute atomic E-state index is 0.0431. The van der Waals surface area contributed by atoms with E-state index < -0.39 is 0 Å². The summed E-state index contributed by atoms with van der Waals surface area (Å²) < 4.78 is 7.62. The molecule has 1 fully saturated rings. The molecule has 0 spiro atoms. The second-order valence-electron chi connectivity index (χ2n) is 6.26. The van der Waals surface area contributed by atoms with E-state index in [4.69, 9.17) is 4.42 Å². The van der Waals surface area contributed by atoms with Gasteiger partial charge in [-0.1, -0.05) is 18.2 Å². The fraction of sp³-hybridized carbons (Fsp3) is 0.278. The van der Waals surface area contributed by atoms with E-state index in [0.29, 0.717) is 18.7 Å². The lowest BCUT2D eigenvalue weighted by Gasteiger charge is -2.30. The van der Waals surface area contributed by atoms with Gasteiger partial charge < -0.3 is 14.6 Å². The Kier molecular flexibility index (Phi) is 3.76. The quantitative estimate of drug-likeness (QED) is 0.787. The van der Waals surface area contributed by atoms with Crippen LogP contribution in [0.1, 0.15) is 23.0 Å². The number of amides is 2. The summed E-state index contributed by atoms with van der Waals surface area (Å²) in [5.74, 6) is -0.143. The van der Waals surface area contributed by atoms with Crippen LogP contribution in [0.2, 0.25) is 0 Å². The van der Waals surface area contributed by atoms with Crippen LogP contribution < -0.4 is 5.32 Å². The summed E-state index contributed by atoms with van der Waals surface area (Å²) in [7, 11) is 0. The Morgan fingerprint density at radius 2 is 2.20 bits per heavy atom. The lowest BCUT2D eigenvalue weighted by Crippen LogP contribution is -2.54. The molecule has 1 atom stereocenters. The molecule has 0 bridgehead atoms. The second kappa shape index (κ2) is 6.08. The summed E-state index contributed by atoms with van der Waals surface area (Å²) in [6.45, 7) is 2.81. The van der Waals surface area contributed by atoms with Gasteiger partial charge in [-0.25, -0.2) is 0 Å². The minimum atomic E-state index is -0.264. The average Bonchev–Trinajstić information content (AvgIpc) is 3.22. The van der Waals surface area contributed by atoms with E-state index in [0.717, 1.165) is 10.9 Å². The van der Waals surface area contributed by atoms with E-state index >= 15 is 0 Å². The van der Waals surface area contributed by atoms with Crippen molar-refractivity contribution in [3.8, 4) is 0 Å². The van der Waals surface area contributed by atoms with E-state index in [1.807, 2.05) is 43.5 Å². The molecule has 0 aliphatic carbocycles. The number of nitrogens with zero attached hydrogens (tertiary/aromatic N) is 3. The van der Waals surface area contributed by atoms with Gasteiger partial charge in [-0.3, -0.25) is 14.3 Å². The van der Waals surface area contributed by atoms with Crippen molar-refractivity contribution >= 4 is 22.8 Å². The number of aromatic nitrogens is 2. The molecule has 7 nitrogen and oxygen atoms in total. The molecule has 2 aromatic heterocycles. The zero-order valence-electron chi connectivity index (χ0n) is 13.8. The van der Waals surface area contributed by atoms with Gasteiger partial charge in [0, 0.05) is 35.9 Å². The van der Waals surface area contributed by atoms with Crippen molar-refractivity contribution in [1.82, 2.24) is 20.0 Å². The van der Waals surface area contributed by atoms with Crippen LogP contribution in [0.15, 0.2) is 47.1 Å².